The lowest BCUT2D eigenvalue weighted by Crippen LogP contribution is -2.30. The van der Waals surface area contributed by atoms with Gasteiger partial charge in [0.05, 0.1) is 34.4 Å². The molecule has 1 aliphatic carbocycles. The van der Waals surface area contributed by atoms with Crippen LogP contribution in [-0.4, -0.2) is 36.7 Å². The second kappa shape index (κ2) is 9.79. The largest absolute Gasteiger partial charge is 0.490 e. The minimum Gasteiger partial charge on any atom is -0.490 e. The van der Waals surface area contributed by atoms with Crippen LogP contribution in [0.3, 0.4) is 0 Å². The van der Waals surface area contributed by atoms with Gasteiger partial charge in [0.15, 0.2) is 18.1 Å². The van der Waals surface area contributed by atoms with Crippen LogP contribution in [0.5, 0.6) is 11.5 Å². The van der Waals surface area contributed by atoms with Crippen molar-refractivity contribution in [2.45, 2.75) is 38.0 Å². The summed E-state index contributed by atoms with van der Waals surface area (Å²) in [5.74, 6) is 0.315. The van der Waals surface area contributed by atoms with Crippen molar-refractivity contribution < 1.29 is 23.8 Å². The Kier molecular flexibility index (Phi) is 6.44. The molecule has 7 nitrogen and oxygen atoms in total. The van der Waals surface area contributed by atoms with Crippen molar-refractivity contribution in [1.29, 1.82) is 0 Å². The molecule has 0 saturated heterocycles. The zero-order chi connectivity index (χ0) is 22.6. The SMILES string of the molecule is O=C(COC(=O)C1CCCCC1c1nc2ccccc2s1)Nc1ccc2c(c1)OCCCO2. The maximum atomic E-state index is 12.9. The molecule has 2 aromatic carbocycles. The van der Waals surface area contributed by atoms with E-state index in [1.165, 1.54) is 0 Å². The van der Waals surface area contributed by atoms with Crippen LogP contribution in [0.15, 0.2) is 42.5 Å². The summed E-state index contributed by atoms with van der Waals surface area (Å²) in [6, 6.07) is 13.3. The highest BCUT2D eigenvalue weighted by atomic mass is 32.1. The first kappa shape index (κ1) is 21.7. The minimum absolute atomic E-state index is 0.0356. The van der Waals surface area contributed by atoms with Crippen LogP contribution in [0.25, 0.3) is 10.2 Å². The number of carbonyl (C=O) groups excluding carboxylic acids is 2. The molecule has 2 aliphatic rings. The number of rotatable bonds is 5. The van der Waals surface area contributed by atoms with Crippen molar-refractivity contribution in [3.8, 4) is 11.5 Å². The van der Waals surface area contributed by atoms with E-state index in [0.717, 1.165) is 47.3 Å². The van der Waals surface area contributed by atoms with E-state index in [1.807, 2.05) is 18.2 Å². The van der Waals surface area contributed by atoms with Gasteiger partial charge in [0.2, 0.25) is 0 Å². The third-order valence-electron chi connectivity index (χ3n) is 6.07. The minimum atomic E-state index is -0.384. The van der Waals surface area contributed by atoms with Crippen LogP contribution < -0.4 is 14.8 Å². The molecule has 0 radical (unpaired) electrons. The number of anilines is 1. The predicted octanol–water partition coefficient (Wildman–Crippen LogP) is 4.91. The average molecular weight is 467 g/mol. The Labute approximate surface area is 196 Å². The number of ether oxygens (including phenoxy) is 3. The molecule has 1 amide bonds. The molecule has 8 heteroatoms. The summed E-state index contributed by atoms with van der Waals surface area (Å²) in [6.07, 6.45) is 4.51. The number of esters is 1. The van der Waals surface area contributed by atoms with E-state index in [4.69, 9.17) is 19.2 Å². The number of hydrogen-bond acceptors (Lipinski definition) is 7. The quantitative estimate of drug-likeness (QED) is 0.538. The number of para-hydroxylation sites is 1. The molecule has 1 saturated carbocycles. The average Bonchev–Trinajstić information content (AvgIpc) is 3.14. The molecule has 1 fully saturated rings. The molecule has 2 unspecified atom stereocenters. The number of carbonyl (C=O) groups is 2. The Morgan fingerprint density at radius 1 is 1.03 bits per heavy atom. The van der Waals surface area contributed by atoms with Crippen molar-refractivity contribution >= 4 is 39.1 Å². The van der Waals surface area contributed by atoms with E-state index in [0.29, 0.717) is 30.4 Å². The van der Waals surface area contributed by atoms with Gasteiger partial charge in [-0.1, -0.05) is 25.0 Å². The molecule has 2 heterocycles. The van der Waals surface area contributed by atoms with Crippen molar-refractivity contribution in [3.63, 3.8) is 0 Å². The monoisotopic (exact) mass is 466 g/mol. The van der Waals surface area contributed by atoms with E-state index in [1.54, 1.807) is 29.5 Å². The Morgan fingerprint density at radius 3 is 2.73 bits per heavy atom. The number of aromatic nitrogens is 1. The molecule has 33 heavy (non-hydrogen) atoms. The topological polar surface area (TPSA) is 86.8 Å². The normalized spacial score (nSPS) is 20.1. The van der Waals surface area contributed by atoms with E-state index in [-0.39, 0.29) is 30.3 Å². The van der Waals surface area contributed by atoms with Gasteiger partial charge in [-0.15, -0.1) is 11.3 Å². The Balaban J connectivity index is 1.20. The number of fused-ring (bicyclic) bond motifs is 2. The molecule has 1 N–H and O–H groups in total. The summed E-state index contributed by atoms with van der Waals surface area (Å²) in [5.41, 5.74) is 1.54. The first-order valence-electron chi connectivity index (χ1n) is 11.4. The molecule has 3 aromatic rings. The standard InChI is InChI=1S/C25H26N2O5S/c28-23(26-16-10-11-20-21(14-16)31-13-5-12-30-20)15-32-25(29)18-7-2-1-6-17(18)24-27-19-8-3-4-9-22(19)33-24/h3-4,8-11,14,17-18H,1-2,5-7,12-13,15H2,(H,26,28). The van der Waals surface area contributed by atoms with E-state index >= 15 is 0 Å². The lowest BCUT2D eigenvalue weighted by Gasteiger charge is -2.28. The van der Waals surface area contributed by atoms with Gasteiger partial charge in [0, 0.05) is 24.1 Å². The molecule has 2 atom stereocenters. The van der Waals surface area contributed by atoms with Crippen LogP contribution in [-0.2, 0) is 14.3 Å². The number of amides is 1. The maximum Gasteiger partial charge on any atom is 0.310 e. The highest BCUT2D eigenvalue weighted by Gasteiger charge is 2.35. The third-order valence-corrected chi connectivity index (χ3v) is 7.24. The summed E-state index contributed by atoms with van der Waals surface area (Å²) < 4.78 is 17.8. The number of benzene rings is 2. The predicted molar refractivity (Wildman–Crippen MR) is 126 cm³/mol. The third kappa shape index (κ3) is 4.95. The van der Waals surface area contributed by atoms with Crippen LogP contribution >= 0.6 is 11.3 Å². The summed E-state index contributed by atoms with van der Waals surface area (Å²) in [7, 11) is 0. The Morgan fingerprint density at radius 2 is 1.85 bits per heavy atom. The zero-order valence-corrected chi connectivity index (χ0v) is 19.1. The fraction of sp³-hybridized carbons (Fsp3) is 0.400. The fourth-order valence-corrected chi connectivity index (χ4v) is 5.61. The van der Waals surface area contributed by atoms with E-state index in [2.05, 4.69) is 11.4 Å². The molecule has 0 bridgehead atoms. The van der Waals surface area contributed by atoms with Crippen LogP contribution in [0, 0.1) is 5.92 Å². The van der Waals surface area contributed by atoms with Crippen molar-refractivity contribution in [2.24, 2.45) is 5.92 Å². The number of nitrogens with one attached hydrogen (secondary N) is 1. The highest BCUT2D eigenvalue weighted by Crippen LogP contribution is 2.41. The van der Waals surface area contributed by atoms with E-state index < -0.39 is 0 Å². The van der Waals surface area contributed by atoms with Gasteiger partial charge >= 0.3 is 5.97 Å². The van der Waals surface area contributed by atoms with Crippen LogP contribution in [0.1, 0.15) is 43.0 Å². The molecule has 172 valence electrons. The maximum absolute atomic E-state index is 12.9. The molecular weight excluding hydrogens is 440 g/mol. The first-order valence-corrected chi connectivity index (χ1v) is 12.2. The summed E-state index contributed by atoms with van der Waals surface area (Å²) >= 11 is 1.64. The second-order valence-electron chi connectivity index (χ2n) is 8.39. The number of thiazole rings is 1. The lowest BCUT2D eigenvalue weighted by atomic mass is 9.79. The number of hydrogen-bond donors (Lipinski definition) is 1. The summed E-state index contributed by atoms with van der Waals surface area (Å²) in [4.78, 5) is 30.1. The van der Waals surface area contributed by atoms with Gasteiger partial charge in [-0.05, 0) is 37.1 Å². The van der Waals surface area contributed by atoms with Gasteiger partial charge in [0.25, 0.3) is 5.91 Å². The zero-order valence-electron chi connectivity index (χ0n) is 18.2. The number of nitrogens with zero attached hydrogens (tertiary/aromatic N) is 1. The fourth-order valence-electron chi connectivity index (χ4n) is 4.44. The van der Waals surface area contributed by atoms with Crippen LogP contribution in [0.4, 0.5) is 5.69 Å². The Bertz CT molecular complexity index is 1130. The molecule has 1 aliphatic heterocycles. The highest BCUT2D eigenvalue weighted by molar-refractivity contribution is 7.18. The Hall–Kier alpha value is -3.13. The van der Waals surface area contributed by atoms with Crippen molar-refractivity contribution in [1.82, 2.24) is 4.98 Å². The van der Waals surface area contributed by atoms with Gasteiger partial charge < -0.3 is 19.5 Å². The van der Waals surface area contributed by atoms with Gasteiger partial charge in [0.1, 0.15) is 0 Å². The van der Waals surface area contributed by atoms with E-state index in [9.17, 15) is 9.59 Å². The van der Waals surface area contributed by atoms with Crippen LogP contribution in [0.2, 0.25) is 0 Å². The van der Waals surface area contributed by atoms with Crippen molar-refractivity contribution in [2.75, 3.05) is 25.1 Å². The lowest BCUT2D eigenvalue weighted by molar-refractivity contribution is -0.153. The smallest absolute Gasteiger partial charge is 0.310 e. The van der Waals surface area contributed by atoms with Crippen molar-refractivity contribution in [3.05, 3.63) is 47.5 Å². The first-order chi connectivity index (χ1) is 16.2. The van der Waals surface area contributed by atoms with Gasteiger partial charge in [-0.25, -0.2) is 4.98 Å². The molecule has 1 aromatic heterocycles. The molecular formula is C25H26N2O5S. The summed E-state index contributed by atoms with van der Waals surface area (Å²) in [5, 5.41) is 3.75. The second-order valence-corrected chi connectivity index (χ2v) is 9.45. The van der Waals surface area contributed by atoms with Gasteiger partial charge in [-0.3, -0.25) is 9.59 Å². The molecule has 5 rings (SSSR count). The van der Waals surface area contributed by atoms with Gasteiger partial charge in [-0.2, -0.15) is 0 Å². The summed E-state index contributed by atoms with van der Waals surface area (Å²) in [6.45, 7) is 0.851. The molecule has 0 spiro atoms.